The van der Waals surface area contributed by atoms with Crippen LogP contribution in [-0.4, -0.2) is 41.9 Å². The van der Waals surface area contributed by atoms with Crippen LogP contribution in [0.25, 0.3) is 0 Å². The molecule has 1 amide bonds. The third-order valence-corrected chi connectivity index (χ3v) is 3.72. The Balaban J connectivity index is 2.65. The summed E-state index contributed by atoms with van der Waals surface area (Å²) in [5.41, 5.74) is -1.76. The number of benzene rings is 1. The molecule has 7 nitrogen and oxygen atoms in total. The fourth-order valence-electron chi connectivity index (χ4n) is 2.67. The number of para-hydroxylation sites is 1. The summed E-state index contributed by atoms with van der Waals surface area (Å²) in [6.45, 7) is 2.09. The van der Waals surface area contributed by atoms with Gasteiger partial charge in [-0.2, -0.15) is 0 Å². The SMILES string of the molecule is CCOC(=O)C1(c2ccccc2[N+](=O)[O-])CCN(C)C1=O. The molecule has 1 aromatic carbocycles. The normalized spacial score (nSPS) is 21.4. The second-order valence-electron chi connectivity index (χ2n) is 4.88. The van der Waals surface area contributed by atoms with Crippen molar-refractivity contribution in [2.75, 3.05) is 20.2 Å². The molecule has 21 heavy (non-hydrogen) atoms. The van der Waals surface area contributed by atoms with E-state index in [1.165, 1.54) is 23.1 Å². The number of hydrogen-bond donors (Lipinski definition) is 0. The number of nitro benzene ring substituents is 1. The van der Waals surface area contributed by atoms with Crippen molar-refractivity contribution in [1.29, 1.82) is 0 Å². The van der Waals surface area contributed by atoms with Gasteiger partial charge in [-0.15, -0.1) is 0 Å². The number of amides is 1. The van der Waals surface area contributed by atoms with Crippen molar-refractivity contribution in [1.82, 2.24) is 4.90 Å². The van der Waals surface area contributed by atoms with E-state index in [1.807, 2.05) is 0 Å². The third-order valence-electron chi connectivity index (χ3n) is 3.72. The second kappa shape index (κ2) is 5.51. The average Bonchev–Trinajstić information content (AvgIpc) is 2.76. The van der Waals surface area contributed by atoms with E-state index in [9.17, 15) is 19.7 Å². The quantitative estimate of drug-likeness (QED) is 0.360. The fraction of sp³-hybridized carbons (Fsp3) is 0.429. The van der Waals surface area contributed by atoms with Gasteiger partial charge in [0.2, 0.25) is 5.91 Å². The number of esters is 1. The van der Waals surface area contributed by atoms with E-state index in [-0.39, 0.29) is 24.3 Å². The molecule has 0 saturated carbocycles. The van der Waals surface area contributed by atoms with E-state index in [0.717, 1.165) is 0 Å². The van der Waals surface area contributed by atoms with Crippen LogP contribution in [0, 0.1) is 10.1 Å². The standard InChI is InChI=1S/C14H16N2O5/c1-3-21-13(18)14(8-9-15(2)12(14)17)10-6-4-5-7-11(10)16(19)20/h4-7H,3,8-9H2,1-2H3. The molecule has 0 spiro atoms. The zero-order valence-electron chi connectivity index (χ0n) is 11.9. The van der Waals surface area contributed by atoms with Crippen LogP contribution < -0.4 is 0 Å². The molecule has 0 bridgehead atoms. The molecule has 1 aliphatic heterocycles. The molecule has 1 atom stereocenters. The molecule has 1 heterocycles. The number of rotatable bonds is 4. The molecule has 0 N–H and O–H groups in total. The second-order valence-corrected chi connectivity index (χ2v) is 4.88. The van der Waals surface area contributed by atoms with Gasteiger partial charge in [-0.05, 0) is 13.3 Å². The van der Waals surface area contributed by atoms with Crippen molar-refractivity contribution in [3.63, 3.8) is 0 Å². The van der Waals surface area contributed by atoms with Crippen LogP contribution in [0.15, 0.2) is 24.3 Å². The van der Waals surface area contributed by atoms with Gasteiger partial charge in [0, 0.05) is 19.7 Å². The van der Waals surface area contributed by atoms with Crippen LogP contribution in [0.4, 0.5) is 5.69 Å². The minimum absolute atomic E-state index is 0.0998. The number of carbonyl (C=O) groups is 2. The number of carbonyl (C=O) groups excluding carboxylic acids is 2. The molecule has 2 rings (SSSR count). The lowest BCUT2D eigenvalue weighted by Crippen LogP contribution is -2.45. The Labute approximate surface area is 121 Å². The van der Waals surface area contributed by atoms with Crippen LogP contribution in [0.1, 0.15) is 18.9 Å². The lowest BCUT2D eigenvalue weighted by atomic mass is 9.78. The predicted molar refractivity (Wildman–Crippen MR) is 73.7 cm³/mol. The predicted octanol–water partition coefficient (Wildman–Crippen LogP) is 1.26. The van der Waals surface area contributed by atoms with Gasteiger partial charge in [0.15, 0.2) is 5.41 Å². The van der Waals surface area contributed by atoms with Gasteiger partial charge in [0.25, 0.3) is 5.69 Å². The summed E-state index contributed by atoms with van der Waals surface area (Å²) in [7, 11) is 1.57. The molecule has 0 aromatic heterocycles. The lowest BCUT2D eigenvalue weighted by Gasteiger charge is -2.24. The van der Waals surface area contributed by atoms with E-state index in [1.54, 1.807) is 20.0 Å². The van der Waals surface area contributed by atoms with Crippen molar-refractivity contribution in [2.24, 2.45) is 0 Å². The summed E-state index contributed by atoms with van der Waals surface area (Å²) in [5, 5.41) is 11.2. The van der Waals surface area contributed by atoms with Crippen molar-refractivity contribution in [2.45, 2.75) is 18.8 Å². The summed E-state index contributed by atoms with van der Waals surface area (Å²) < 4.78 is 5.03. The number of likely N-dealkylation sites (N-methyl/N-ethyl adjacent to an activating group) is 1. The van der Waals surface area contributed by atoms with E-state index in [2.05, 4.69) is 0 Å². The molecule has 1 aliphatic rings. The van der Waals surface area contributed by atoms with Crippen molar-refractivity contribution >= 4 is 17.6 Å². The van der Waals surface area contributed by atoms with Crippen molar-refractivity contribution in [3.05, 3.63) is 39.9 Å². The van der Waals surface area contributed by atoms with Gasteiger partial charge in [-0.25, -0.2) is 0 Å². The highest BCUT2D eigenvalue weighted by atomic mass is 16.6. The molecule has 1 fully saturated rings. The first kappa shape index (κ1) is 15.0. The first-order valence-corrected chi connectivity index (χ1v) is 6.61. The number of hydrogen-bond acceptors (Lipinski definition) is 5. The van der Waals surface area contributed by atoms with Gasteiger partial charge in [0.1, 0.15) is 0 Å². The summed E-state index contributed by atoms with van der Waals surface area (Å²) >= 11 is 0. The average molecular weight is 292 g/mol. The topological polar surface area (TPSA) is 89.8 Å². The van der Waals surface area contributed by atoms with Crippen LogP contribution in [0.3, 0.4) is 0 Å². The lowest BCUT2D eigenvalue weighted by molar-refractivity contribution is -0.385. The Morgan fingerprint density at radius 3 is 2.67 bits per heavy atom. The summed E-state index contributed by atoms with van der Waals surface area (Å²) in [4.78, 5) is 37.0. The third kappa shape index (κ3) is 2.24. The maximum absolute atomic E-state index is 12.5. The van der Waals surface area contributed by atoms with Gasteiger partial charge < -0.3 is 9.64 Å². The maximum Gasteiger partial charge on any atom is 0.326 e. The summed E-state index contributed by atoms with van der Waals surface area (Å²) in [6.07, 6.45) is 0.173. The number of ether oxygens (including phenoxy) is 1. The zero-order chi connectivity index (χ0) is 15.6. The minimum Gasteiger partial charge on any atom is -0.465 e. The van der Waals surface area contributed by atoms with Gasteiger partial charge in [0.05, 0.1) is 17.1 Å². The van der Waals surface area contributed by atoms with Crippen LogP contribution in [0.2, 0.25) is 0 Å². The zero-order valence-corrected chi connectivity index (χ0v) is 11.9. The molecule has 1 aromatic rings. The number of nitro groups is 1. The van der Waals surface area contributed by atoms with E-state index >= 15 is 0 Å². The summed E-state index contributed by atoms with van der Waals surface area (Å²) in [6, 6.07) is 5.83. The minimum atomic E-state index is -1.62. The van der Waals surface area contributed by atoms with Crippen LogP contribution in [-0.2, 0) is 19.7 Å². The molecule has 112 valence electrons. The highest BCUT2D eigenvalue weighted by molar-refractivity contribution is 6.10. The van der Waals surface area contributed by atoms with Crippen LogP contribution >= 0.6 is 0 Å². The van der Waals surface area contributed by atoms with Crippen molar-refractivity contribution < 1.29 is 19.2 Å². The molecule has 7 heteroatoms. The highest BCUT2D eigenvalue weighted by Gasteiger charge is 2.56. The monoisotopic (exact) mass is 292 g/mol. The first-order chi connectivity index (χ1) is 9.95. The fourth-order valence-corrected chi connectivity index (χ4v) is 2.67. The largest absolute Gasteiger partial charge is 0.465 e. The Kier molecular flexibility index (Phi) is 3.93. The van der Waals surface area contributed by atoms with Gasteiger partial charge >= 0.3 is 5.97 Å². The molecular weight excluding hydrogens is 276 g/mol. The van der Waals surface area contributed by atoms with E-state index < -0.39 is 22.2 Å². The van der Waals surface area contributed by atoms with Gasteiger partial charge in [-0.1, -0.05) is 18.2 Å². The van der Waals surface area contributed by atoms with Crippen molar-refractivity contribution in [3.8, 4) is 0 Å². The van der Waals surface area contributed by atoms with E-state index in [4.69, 9.17) is 4.74 Å². The Hall–Kier alpha value is -2.44. The molecule has 1 unspecified atom stereocenters. The van der Waals surface area contributed by atoms with Crippen LogP contribution in [0.5, 0.6) is 0 Å². The Bertz CT molecular complexity index is 601. The Morgan fingerprint density at radius 2 is 2.14 bits per heavy atom. The highest BCUT2D eigenvalue weighted by Crippen LogP contribution is 2.41. The Morgan fingerprint density at radius 1 is 1.48 bits per heavy atom. The first-order valence-electron chi connectivity index (χ1n) is 6.61. The molecule has 1 saturated heterocycles. The maximum atomic E-state index is 12.5. The van der Waals surface area contributed by atoms with Gasteiger partial charge in [-0.3, -0.25) is 19.7 Å². The molecular formula is C14H16N2O5. The molecule has 0 aliphatic carbocycles. The smallest absolute Gasteiger partial charge is 0.326 e. The molecule has 0 radical (unpaired) electrons. The number of likely N-dealkylation sites (tertiary alicyclic amines) is 1. The summed E-state index contributed by atoms with van der Waals surface area (Å²) in [5.74, 6) is -1.19. The number of nitrogens with zero attached hydrogens (tertiary/aromatic N) is 2. The van der Waals surface area contributed by atoms with E-state index in [0.29, 0.717) is 6.54 Å².